The first kappa shape index (κ1) is 34.8. The highest BCUT2D eigenvalue weighted by molar-refractivity contribution is 8.76. The van der Waals surface area contributed by atoms with Crippen molar-refractivity contribution in [3.05, 3.63) is 35.9 Å². The van der Waals surface area contributed by atoms with Crippen LogP contribution in [-0.4, -0.2) is 61.6 Å². The number of carbonyl (C=O) groups is 4. The molecule has 0 unspecified atom stereocenters. The van der Waals surface area contributed by atoms with E-state index < -0.39 is 24.0 Å². The number of ether oxygens (including phenoxy) is 2. The van der Waals surface area contributed by atoms with E-state index in [4.69, 9.17) is 9.47 Å². The Bertz CT molecular complexity index is 928. The molecule has 0 spiro atoms. The Hall–Kier alpha value is -2.20. The third kappa shape index (κ3) is 14.1. The summed E-state index contributed by atoms with van der Waals surface area (Å²) in [6, 6.07) is 8.50. The van der Waals surface area contributed by atoms with Gasteiger partial charge in [0, 0.05) is 23.8 Å². The lowest BCUT2D eigenvalue weighted by Crippen LogP contribution is -2.48. The van der Waals surface area contributed by atoms with E-state index in [2.05, 4.69) is 22.8 Å². The summed E-state index contributed by atoms with van der Waals surface area (Å²) >= 11 is 0. The number of aryl methyl sites for hydroxylation is 1. The van der Waals surface area contributed by atoms with Gasteiger partial charge < -0.3 is 20.1 Å². The Kier molecular flexibility index (Phi) is 15.0. The van der Waals surface area contributed by atoms with Crippen LogP contribution in [0.5, 0.6) is 0 Å². The van der Waals surface area contributed by atoms with Gasteiger partial charge in [0.15, 0.2) is 0 Å². The number of methoxy groups -OCH3 is 2. The lowest BCUT2D eigenvalue weighted by Gasteiger charge is -2.31. The van der Waals surface area contributed by atoms with Gasteiger partial charge in [-0.15, -0.1) is 0 Å². The summed E-state index contributed by atoms with van der Waals surface area (Å²) in [5.41, 5.74) is 0.721. The Balaban J connectivity index is 2.73. The molecule has 0 bridgehead atoms. The number of rotatable bonds is 15. The maximum Gasteiger partial charge on any atom is 0.329 e. The van der Waals surface area contributed by atoms with Crippen molar-refractivity contribution < 1.29 is 28.7 Å². The fourth-order valence-corrected chi connectivity index (χ4v) is 6.26. The normalized spacial score (nSPS) is 14.1. The van der Waals surface area contributed by atoms with E-state index >= 15 is 0 Å². The summed E-state index contributed by atoms with van der Waals surface area (Å²) in [5.74, 6) is -1.27. The Morgan fingerprint density at radius 2 is 1.33 bits per heavy atom. The van der Waals surface area contributed by atoms with Gasteiger partial charge in [0.1, 0.15) is 12.1 Å². The van der Waals surface area contributed by atoms with Gasteiger partial charge in [-0.25, -0.2) is 9.59 Å². The smallest absolute Gasteiger partial charge is 0.329 e. The number of hydrogen-bond acceptors (Lipinski definition) is 8. The zero-order chi connectivity index (χ0) is 29.6. The maximum absolute atomic E-state index is 13.3. The second-order valence-corrected chi connectivity index (χ2v) is 14.4. The summed E-state index contributed by atoms with van der Waals surface area (Å²) in [7, 11) is 5.20. The molecule has 0 aliphatic heterocycles. The van der Waals surface area contributed by atoms with E-state index in [1.165, 1.54) is 41.4 Å². The minimum Gasteiger partial charge on any atom is -0.467 e. The molecule has 8 nitrogen and oxygen atoms in total. The summed E-state index contributed by atoms with van der Waals surface area (Å²) < 4.78 is 9.78. The topological polar surface area (TPSA) is 111 Å². The predicted molar refractivity (Wildman–Crippen MR) is 159 cm³/mol. The van der Waals surface area contributed by atoms with E-state index in [9.17, 15) is 19.2 Å². The first-order chi connectivity index (χ1) is 18.2. The molecule has 1 aromatic carbocycles. The number of amides is 2. The highest BCUT2D eigenvalue weighted by atomic mass is 33.1. The highest BCUT2D eigenvalue weighted by Crippen LogP contribution is 2.31. The van der Waals surface area contributed by atoms with Crippen molar-refractivity contribution in [1.82, 2.24) is 10.6 Å². The standard InChI is InChI=1S/C29H46N2O6S2/c1-28(2,3)17-24(32)30-22(26(34)36-7)18-38-39-19-23(27(35)37-8)31-25(33)21(29(4,5)6)16-12-15-20-13-10-9-11-14-20/h9-11,13-14,21-23H,12,15-19H2,1-8H3,(H,30,32)(H,31,33)/t21-,22-,23-/m0/s1. The molecule has 0 fully saturated rings. The third-order valence-electron chi connectivity index (χ3n) is 6.03. The van der Waals surface area contributed by atoms with E-state index in [1.54, 1.807) is 0 Å². The molecule has 0 saturated carbocycles. The Labute approximate surface area is 241 Å². The molecule has 10 heteroatoms. The number of hydrogen-bond donors (Lipinski definition) is 2. The minimum absolute atomic E-state index is 0.182. The lowest BCUT2D eigenvalue weighted by molar-refractivity contribution is -0.145. The summed E-state index contributed by atoms with van der Waals surface area (Å²) in [5, 5.41) is 5.63. The van der Waals surface area contributed by atoms with Crippen molar-refractivity contribution in [1.29, 1.82) is 0 Å². The second-order valence-electron chi connectivity index (χ2n) is 11.8. The van der Waals surface area contributed by atoms with Crippen LogP contribution >= 0.6 is 21.6 Å². The van der Waals surface area contributed by atoms with Crippen LogP contribution in [0.4, 0.5) is 0 Å². The van der Waals surface area contributed by atoms with Gasteiger partial charge in [-0.2, -0.15) is 0 Å². The average molecular weight is 583 g/mol. The molecule has 0 heterocycles. The molecule has 220 valence electrons. The Morgan fingerprint density at radius 3 is 1.79 bits per heavy atom. The summed E-state index contributed by atoms with van der Waals surface area (Å²) in [4.78, 5) is 50.3. The van der Waals surface area contributed by atoms with Gasteiger partial charge in [0.05, 0.1) is 14.2 Å². The van der Waals surface area contributed by atoms with Gasteiger partial charge in [-0.05, 0) is 35.7 Å². The zero-order valence-electron chi connectivity index (χ0n) is 24.6. The molecule has 0 aromatic heterocycles. The molecular weight excluding hydrogens is 536 g/mol. The molecule has 1 rings (SSSR count). The van der Waals surface area contributed by atoms with Gasteiger partial charge in [-0.3, -0.25) is 9.59 Å². The average Bonchev–Trinajstić information content (AvgIpc) is 2.85. The van der Waals surface area contributed by atoms with Crippen molar-refractivity contribution in [2.24, 2.45) is 16.7 Å². The zero-order valence-corrected chi connectivity index (χ0v) is 26.3. The largest absolute Gasteiger partial charge is 0.467 e. The number of nitrogens with one attached hydrogen (secondary N) is 2. The fourth-order valence-electron chi connectivity index (χ4n) is 3.97. The van der Waals surface area contributed by atoms with Crippen molar-refractivity contribution >= 4 is 45.3 Å². The molecule has 2 amide bonds. The van der Waals surface area contributed by atoms with E-state index in [-0.39, 0.29) is 46.5 Å². The minimum atomic E-state index is -0.842. The van der Waals surface area contributed by atoms with Gasteiger partial charge in [0.2, 0.25) is 11.8 Å². The van der Waals surface area contributed by atoms with Crippen molar-refractivity contribution in [2.45, 2.75) is 79.3 Å². The third-order valence-corrected chi connectivity index (χ3v) is 8.45. The summed E-state index contributed by atoms with van der Waals surface area (Å²) in [6.45, 7) is 11.9. The monoisotopic (exact) mass is 582 g/mol. The molecule has 0 aliphatic carbocycles. The van der Waals surface area contributed by atoms with E-state index in [0.29, 0.717) is 6.42 Å². The molecule has 3 atom stereocenters. The van der Waals surface area contributed by atoms with Crippen LogP contribution in [0.1, 0.15) is 66.4 Å². The van der Waals surface area contributed by atoms with Gasteiger partial charge >= 0.3 is 11.9 Å². The van der Waals surface area contributed by atoms with Crippen LogP contribution < -0.4 is 10.6 Å². The molecule has 0 saturated heterocycles. The predicted octanol–water partition coefficient (Wildman–Crippen LogP) is 4.80. The highest BCUT2D eigenvalue weighted by Gasteiger charge is 2.34. The van der Waals surface area contributed by atoms with Gasteiger partial charge in [-0.1, -0.05) is 93.5 Å². The first-order valence-electron chi connectivity index (χ1n) is 13.2. The number of benzene rings is 1. The molecule has 0 radical (unpaired) electrons. The van der Waals surface area contributed by atoms with Crippen molar-refractivity contribution in [3.8, 4) is 0 Å². The molecule has 1 aromatic rings. The molecular formula is C29H46N2O6S2. The van der Waals surface area contributed by atoms with E-state index in [1.807, 2.05) is 59.7 Å². The van der Waals surface area contributed by atoms with Gasteiger partial charge in [0.25, 0.3) is 0 Å². The SMILES string of the molecule is COC(=O)[C@H](CSSC[C@H](NC(=O)[C@H](CCCc1ccccc1)C(C)(C)C)C(=O)OC)NC(=O)CC(C)(C)C. The molecule has 39 heavy (non-hydrogen) atoms. The molecule has 0 aliphatic rings. The first-order valence-corrected chi connectivity index (χ1v) is 15.7. The van der Waals surface area contributed by atoms with Crippen LogP contribution in [-0.2, 0) is 35.1 Å². The lowest BCUT2D eigenvalue weighted by atomic mass is 9.77. The maximum atomic E-state index is 13.3. The van der Waals surface area contributed by atoms with Crippen molar-refractivity contribution in [3.63, 3.8) is 0 Å². The van der Waals surface area contributed by atoms with Crippen molar-refractivity contribution in [2.75, 3.05) is 25.7 Å². The fraction of sp³-hybridized carbons (Fsp3) is 0.655. The Morgan fingerprint density at radius 1 is 0.821 bits per heavy atom. The number of carbonyl (C=O) groups excluding carboxylic acids is 4. The van der Waals surface area contributed by atoms with Crippen LogP contribution in [0, 0.1) is 16.7 Å². The van der Waals surface area contributed by atoms with E-state index in [0.717, 1.165) is 12.8 Å². The van der Waals surface area contributed by atoms with Crippen LogP contribution in [0.15, 0.2) is 30.3 Å². The summed E-state index contributed by atoms with van der Waals surface area (Å²) in [6.07, 6.45) is 2.69. The quantitative estimate of drug-likeness (QED) is 0.172. The second kappa shape index (κ2) is 16.8. The van der Waals surface area contributed by atoms with Crippen LogP contribution in [0.3, 0.4) is 0 Å². The van der Waals surface area contributed by atoms with Crippen LogP contribution in [0.25, 0.3) is 0 Å². The molecule has 2 N–H and O–H groups in total. The number of esters is 2. The van der Waals surface area contributed by atoms with Crippen LogP contribution in [0.2, 0.25) is 0 Å².